The average Bonchev–Trinajstić information content (AvgIpc) is 2.40. The SMILES string of the molecule is NC(=CC1=NCCC1)CO. The third-order valence-corrected chi connectivity index (χ3v) is 1.44. The highest BCUT2D eigenvalue weighted by Gasteiger charge is 2.02. The van der Waals surface area contributed by atoms with Crippen molar-refractivity contribution < 1.29 is 5.11 Å². The fraction of sp³-hybridized carbons (Fsp3) is 0.571. The molecule has 3 heteroatoms. The molecule has 0 radical (unpaired) electrons. The highest BCUT2D eigenvalue weighted by molar-refractivity contribution is 5.96. The van der Waals surface area contributed by atoms with E-state index >= 15 is 0 Å². The van der Waals surface area contributed by atoms with Gasteiger partial charge in [0.2, 0.25) is 0 Å². The van der Waals surface area contributed by atoms with Crippen molar-refractivity contribution in [3.05, 3.63) is 11.8 Å². The van der Waals surface area contributed by atoms with Gasteiger partial charge in [-0.05, 0) is 18.9 Å². The Morgan fingerprint density at radius 2 is 2.60 bits per heavy atom. The second-order valence-electron chi connectivity index (χ2n) is 2.35. The molecule has 0 bridgehead atoms. The summed E-state index contributed by atoms with van der Waals surface area (Å²) < 4.78 is 0. The topological polar surface area (TPSA) is 58.6 Å². The zero-order valence-electron chi connectivity index (χ0n) is 5.88. The molecule has 0 atom stereocenters. The molecule has 0 saturated carbocycles. The zero-order chi connectivity index (χ0) is 7.40. The van der Waals surface area contributed by atoms with Crippen LogP contribution in [0.3, 0.4) is 0 Å². The quantitative estimate of drug-likeness (QED) is 0.569. The fourth-order valence-corrected chi connectivity index (χ4v) is 0.939. The van der Waals surface area contributed by atoms with Crippen LogP contribution in [0.25, 0.3) is 0 Å². The van der Waals surface area contributed by atoms with Crippen molar-refractivity contribution in [1.29, 1.82) is 0 Å². The average molecular weight is 140 g/mol. The Morgan fingerprint density at radius 1 is 1.80 bits per heavy atom. The molecule has 3 nitrogen and oxygen atoms in total. The van der Waals surface area contributed by atoms with Crippen LogP contribution in [0.2, 0.25) is 0 Å². The van der Waals surface area contributed by atoms with E-state index in [0.29, 0.717) is 5.70 Å². The molecule has 1 aliphatic rings. The summed E-state index contributed by atoms with van der Waals surface area (Å²) in [4.78, 5) is 4.17. The zero-order valence-corrected chi connectivity index (χ0v) is 5.88. The van der Waals surface area contributed by atoms with Crippen molar-refractivity contribution in [2.45, 2.75) is 12.8 Å². The molecule has 1 aliphatic heterocycles. The van der Waals surface area contributed by atoms with Crippen LogP contribution in [0.4, 0.5) is 0 Å². The summed E-state index contributed by atoms with van der Waals surface area (Å²) in [5, 5.41) is 8.55. The second-order valence-corrected chi connectivity index (χ2v) is 2.35. The summed E-state index contributed by atoms with van der Waals surface area (Å²) in [6.45, 7) is 0.837. The standard InChI is InChI=1S/C7H12N2O/c8-6(5-10)4-7-2-1-3-9-7/h4,10H,1-3,5,8H2. The molecule has 56 valence electrons. The maximum atomic E-state index is 8.55. The predicted octanol–water partition coefficient (Wildman–Crippen LogP) is 0.0561. The molecule has 1 heterocycles. The van der Waals surface area contributed by atoms with Gasteiger partial charge in [-0.1, -0.05) is 0 Å². The van der Waals surface area contributed by atoms with Gasteiger partial charge < -0.3 is 10.8 Å². The monoisotopic (exact) mass is 140 g/mol. The number of aliphatic imine (C=N–C) groups is 1. The molecule has 0 aromatic heterocycles. The Balaban J connectivity index is 2.50. The smallest absolute Gasteiger partial charge is 0.0826 e. The Morgan fingerprint density at radius 3 is 3.10 bits per heavy atom. The summed E-state index contributed by atoms with van der Waals surface area (Å²) in [6.07, 6.45) is 3.87. The van der Waals surface area contributed by atoms with E-state index in [4.69, 9.17) is 10.8 Å². The van der Waals surface area contributed by atoms with Crippen LogP contribution in [0.5, 0.6) is 0 Å². The van der Waals surface area contributed by atoms with Crippen LogP contribution < -0.4 is 5.73 Å². The highest BCUT2D eigenvalue weighted by Crippen LogP contribution is 2.05. The van der Waals surface area contributed by atoms with E-state index in [9.17, 15) is 0 Å². The van der Waals surface area contributed by atoms with Gasteiger partial charge in [0.15, 0.2) is 0 Å². The Kier molecular flexibility index (Phi) is 2.45. The number of hydrogen-bond acceptors (Lipinski definition) is 3. The van der Waals surface area contributed by atoms with Crippen molar-refractivity contribution in [2.75, 3.05) is 13.2 Å². The Labute approximate surface area is 60.3 Å². The summed E-state index contributed by atoms with van der Waals surface area (Å²) in [7, 11) is 0. The van der Waals surface area contributed by atoms with E-state index < -0.39 is 0 Å². The molecule has 0 amide bonds. The molecule has 0 aromatic rings. The predicted molar refractivity (Wildman–Crippen MR) is 40.9 cm³/mol. The number of nitrogens with two attached hydrogens (primary N) is 1. The first-order valence-electron chi connectivity index (χ1n) is 3.43. The summed E-state index contributed by atoms with van der Waals surface area (Å²) in [5.74, 6) is 0. The number of hydrogen-bond donors (Lipinski definition) is 2. The molecule has 10 heavy (non-hydrogen) atoms. The largest absolute Gasteiger partial charge is 0.400 e. The van der Waals surface area contributed by atoms with Crippen molar-refractivity contribution in [1.82, 2.24) is 0 Å². The minimum Gasteiger partial charge on any atom is -0.400 e. The molecule has 3 N–H and O–H groups in total. The van der Waals surface area contributed by atoms with Crippen molar-refractivity contribution in [3.63, 3.8) is 0 Å². The van der Waals surface area contributed by atoms with Crippen molar-refractivity contribution >= 4 is 5.71 Å². The number of aliphatic hydroxyl groups excluding tert-OH is 1. The van der Waals surface area contributed by atoms with Gasteiger partial charge >= 0.3 is 0 Å². The lowest BCUT2D eigenvalue weighted by molar-refractivity contribution is 0.330. The lowest BCUT2D eigenvalue weighted by Gasteiger charge is -1.93. The molecule has 0 saturated heterocycles. The lowest BCUT2D eigenvalue weighted by Crippen LogP contribution is -2.04. The van der Waals surface area contributed by atoms with Crippen molar-refractivity contribution in [2.24, 2.45) is 10.7 Å². The first kappa shape index (κ1) is 7.28. The first-order valence-corrected chi connectivity index (χ1v) is 3.43. The first-order chi connectivity index (χ1) is 4.83. The van der Waals surface area contributed by atoms with Gasteiger partial charge in [-0.15, -0.1) is 0 Å². The minimum absolute atomic E-state index is 0.0704. The minimum atomic E-state index is -0.0704. The highest BCUT2D eigenvalue weighted by atomic mass is 16.3. The number of rotatable bonds is 2. The number of allylic oxidation sites excluding steroid dienone is 1. The van der Waals surface area contributed by atoms with Gasteiger partial charge in [0.05, 0.1) is 6.61 Å². The summed E-state index contributed by atoms with van der Waals surface area (Å²) >= 11 is 0. The van der Waals surface area contributed by atoms with E-state index in [0.717, 1.165) is 25.1 Å². The molecule has 1 rings (SSSR count). The van der Waals surface area contributed by atoms with Gasteiger partial charge in [-0.2, -0.15) is 0 Å². The van der Waals surface area contributed by atoms with E-state index in [1.54, 1.807) is 6.08 Å². The Bertz CT molecular complexity index is 172. The van der Waals surface area contributed by atoms with Crippen molar-refractivity contribution in [3.8, 4) is 0 Å². The molecule has 0 unspecified atom stereocenters. The maximum Gasteiger partial charge on any atom is 0.0826 e. The van der Waals surface area contributed by atoms with E-state index in [1.807, 2.05) is 0 Å². The molecular formula is C7H12N2O. The van der Waals surface area contributed by atoms with Gasteiger partial charge in [0.1, 0.15) is 0 Å². The second kappa shape index (κ2) is 3.37. The van der Waals surface area contributed by atoms with Gasteiger partial charge in [0, 0.05) is 18.0 Å². The maximum absolute atomic E-state index is 8.55. The van der Waals surface area contributed by atoms with E-state index in [1.165, 1.54) is 0 Å². The molecule has 0 fully saturated rings. The van der Waals surface area contributed by atoms with Gasteiger partial charge in [-0.3, -0.25) is 4.99 Å². The van der Waals surface area contributed by atoms with Crippen LogP contribution >= 0.6 is 0 Å². The normalized spacial score (nSPS) is 19.3. The summed E-state index contributed by atoms with van der Waals surface area (Å²) in [6, 6.07) is 0. The van der Waals surface area contributed by atoms with Gasteiger partial charge in [0.25, 0.3) is 0 Å². The van der Waals surface area contributed by atoms with Crippen LogP contribution in [-0.2, 0) is 0 Å². The van der Waals surface area contributed by atoms with Crippen LogP contribution in [0.15, 0.2) is 16.8 Å². The fourth-order valence-electron chi connectivity index (χ4n) is 0.939. The van der Waals surface area contributed by atoms with Crippen LogP contribution in [-0.4, -0.2) is 24.0 Å². The number of aliphatic hydroxyl groups is 1. The number of nitrogens with zero attached hydrogens (tertiary/aromatic N) is 1. The molecule has 0 aliphatic carbocycles. The van der Waals surface area contributed by atoms with Crippen LogP contribution in [0, 0.1) is 0 Å². The molecular weight excluding hydrogens is 128 g/mol. The van der Waals surface area contributed by atoms with E-state index in [-0.39, 0.29) is 6.61 Å². The Hall–Kier alpha value is -0.830. The van der Waals surface area contributed by atoms with E-state index in [2.05, 4.69) is 4.99 Å². The summed E-state index contributed by atoms with van der Waals surface area (Å²) in [5.41, 5.74) is 6.90. The van der Waals surface area contributed by atoms with Gasteiger partial charge in [-0.25, -0.2) is 0 Å². The molecule has 0 spiro atoms. The third-order valence-electron chi connectivity index (χ3n) is 1.44. The van der Waals surface area contributed by atoms with Crippen LogP contribution in [0.1, 0.15) is 12.8 Å². The lowest BCUT2D eigenvalue weighted by atomic mass is 10.2. The third kappa shape index (κ3) is 1.84. The molecule has 0 aromatic carbocycles.